The molecule has 1 aliphatic rings. The molecule has 0 saturated carbocycles. The Balaban J connectivity index is 1.68. The van der Waals surface area contributed by atoms with Crippen LogP contribution in [0.2, 0.25) is 0 Å². The van der Waals surface area contributed by atoms with Gasteiger partial charge in [0.2, 0.25) is 5.91 Å². The number of pyridine rings is 1. The molecule has 164 valence electrons. The molecule has 3 rings (SSSR count). The number of aromatic nitrogens is 1. The van der Waals surface area contributed by atoms with Gasteiger partial charge in [0, 0.05) is 18.3 Å². The SMILES string of the molecule is C[C@@H](NC(=O)N1C(=O)[C@H](Cc2ccccn2)[C@H]1C(=O)O)c1ccc(OC(F)F)c(O)c1. The van der Waals surface area contributed by atoms with Gasteiger partial charge in [-0.25, -0.2) is 14.5 Å². The molecule has 1 aromatic carbocycles. The second-order valence-corrected chi connectivity index (χ2v) is 6.90. The number of hydrogen-bond donors (Lipinski definition) is 3. The predicted octanol–water partition coefficient (Wildman–Crippen LogP) is 2.31. The van der Waals surface area contributed by atoms with Crippen LogP contribution < -0.4 is 10.1 Å². The summed E-state index contributed by atoms with van der Waals surface area (Å²) in [6.07, 6.45) is 1.60. The fourth-order valence-electron chi connectivity index (χ4n) is 3.34. The van der Waals surface area contributed by atoms with Gasteiger partial charge in [0.1, 0.15) is 0 Å². The third-order valence-corrected chi connectivity index (χ3v) is 4.88. The van der Waals surface area contributed by atoms with Gasteiger partial charge in [0.25, 0.3) is 0 Å². The Hall–Kier alpha value is -3.76. The van der Waals surface area contributed by atoms with Gasteiger partial charge >= 0.3 is 18.6 Å². The molecule has 1 aromatic heterocycles. The van der Waals surface area contributed by atoms with Gasteiger partial charge in [0.05, 0.1) is 12.0 Å². The number of alkyl halides is 2. The maximum Gasteiger partial charge on any atom is 0.387 e. The summed E-state index contributed by atoms with van der Waals surface area (Å²) in [5, 5.41) is 21.8. The fourth-order valence-corrected chi connectivity index (χ4v) is 3.34. The Morgan fingerprint density at radius 3 is 2.61 bits per heavy atom. The van der Waals surface area contributed by atoms with E-state index in [2.05, 4.69) is 15.0 Å². The predicted molar refractivity (Wildman–Crippen MR) is 101 cm³/mol. The molecule has 1 saturated heterocycles. The van der Waals surface area contributed by atoms with E-state index in [1.165, 1.54) is 19.2 Å². The van der Waals surface area contributed by atoms with Crippen molar-refractivity contribution in [1.82, 2.24) is 15.2 Å². The van der Waals surface area contributed by atoms with Crippen molar-refractivity contribution in [3.05, 3.63) is 53.9 Å². The van der Waals surface area contributed by atoms with Gasteiger partial charge in [-0.15, -0.1) is 0 Å². The lowest BCUT2D eigenvalue weighted by Crippen LogP contribution is -2.68. The van der Waals surface area contributed by atoms with Crippen molar-refractivity contribution in [2.24, 2.45) is 5.92 Å². The number of amides is 3. The van der Waals surface area contributed by atoms with Gasteiger partial charge in [0.15, 0.2) is 17.5 Å². The Labute approximate surface area is 175 Å². The molecule has 11 heteroatoms. The zero-order chi connectivity index (χ0) is 22.7. The van der Waals surface area contributed by atoms with Gasteiger partial charge in [-0.3, -0.25) is 9.78 Å². The number of carbonyl (C=O) groups excluding carboxylic acids is 2. The molecule has 31 heavy (non-hydrogen) atoms. The number of phenols is 1. The summed E-state index contributed by atoms with van der Waals surface area (Å²) in [7, 11) is 0. The summed E-state index contributed by atoms with van der Waals surface area (Å²) in [6.45, 7) is -1.59. The van der Waals surface area contributed by atoms with Crippen LogP contribution in [-0.2, 0) is 16.0 Å². The first-order valence-electron chi connectivity index (χ1n) is 9.23. The number of hydrogen-bond acceptors (Lipinski definition) is 6. The average molecular weight is 435 g/mol. The number of imide groups is 1. The van der Waals surface area contributed by atoms with Crippen LogP contribution in [0.5, 0.6) is 11.5 Å². The third kappa shape index (κ3) is 4.71. The summed E-state index contributed by atoms with van der Waals surface area (Å²) in [5.41, 5.74) is 0.861. The number of nitrogens with one attached hydrogen (secondary N) is 1. The number of rotatable bonds is 7. The van der Waals surface area contributed by atoms with Crippen molar-refractivity contribution >= 4 is 17.9 Å². The van der Waals surface area contributed by atoms with Gasteiger partial charge in [-0.2, -0.15) is 8.78 Å². The maximum atomic E-state index is 12.6. The number of nitrogens with zero attached hydrogens (tertiary/aromatic N) is 2. The number of aromatic hydroxyl groups is 1. The van der Waals surface area contributed by atoms with Crippen LogP contribution >= 0.6 is 0 Å². The summed E-state index contributed by atoms with van der Waals surface area (Å²) in [6, 6.07) is 5.59. The number of urea groups is 1. The molecule has 2 heterocycles. The van der Waals surface area contributed by atoms with Crippen LogP contribution in [0.25, 0.3) is 0 Å². The van der Waals surface area contributed by atoms with E-state index in [-0.39, 0.29) is 6.42 Å². The molecule has 1 fully saturated rings. The number of carbonyl (C=O) groups is 3. The van der Waals surface area contributed by atoms with E-state index < -0.39 is 54.0 Å². The van der Waals surface area contributed by atoms with Gasteiger partial charge in [-0.05, 0) is 36.8 Å². The Kier molecular flexibility index (Phi) is 6.33. The van der Waals surface area contributed by atoms with Crippen molar-refractivity contribution in [3.8, 4) is 11.5 Å². The van der Waals surface area contributed by atoms with Crippen LogP contribution in [0, 0.1) is 5.92 Å². The molecule has 1 aliphatic heterocycles. The fraction of sp³-hybridized carbons (Fsp3) is 0.300. The highest BCUT2D eigenvalue weighted by atomic mass is 19.3. The number of ether oxygens (including phenoxy) is 1. The lowest BCUT2D eigenvalue weighted by Gasteiger charge is -2.43. The molecule has 0 spiro atoms. The van der Waals surface area contributed by atoms with Crippen LogP contribution in [-0.4, -0.2) is 50.7 Å². The van der Waals surface area contributed by atoms with E-state index in [9.17, 15) is 33.4 Å². The van der Waals surface area contributed by atoms with Crippen molar-refractivity contribution in [2.45, 2.75) is 32.0 Å². The van der Waals surface area contributed by atoms with E-state index in [1.54, 1.807) is 18.2 Å². The van der Waals surface area contributed by atoms with Crippen LogP contribution in [0.15, 0.2) is 42.6 Å². The van der Waals surface area contributed by atoms with E-state index in [4.69, 9.17) is 0 Å². The number of β-lactam (4-membered cyclic amide) rings is 1. The summed E-state index contributed by atoms with van der Waals surface area (Å²) in [5.74, 6) is -3.89. The summed E-state index contributed by atoms with van der Waals surface area (Å²) >= 11 is 0. The van der Waals surface area contributed by atoms with Crippen LogP contribution in [0.3, 0.4) is 0 Å². The highest BCUT2D eigenvalue weighted by Crippen LogP contribution is 2.32. The van der Waals surface area contributed by atoms with E-state index in [0.29, 0.717) is 16.2 Å². The van der Waals surface area contributed by atoms with Crippen molar-refractivity contribution in [1.29, 1.82) is 0 Å². The minimum Gasteiger partial charge on any atom is -0.504 e. The minimum atomic E-state index is -3.11. The number of benzene rings is 1. The summed E-state index contributed by atoms with van der Waals surface area (Å²) in [4.78, 5) is 41.4. The van der Waals surface area contributed by atoms with Crippen molar-refractivity contribution in [3.63, 3.8) is 0 Å². The molecule has 3 atom stereocenters. The van der Waals surface area contributed by atoms with E-state index in [1.807, 2.05) is 0 Å². The standard InChI is InChI=1S/C20H19F2N3O6/c1-10(11-5-6-15(14(26)8-11)31-19(21)22)24-20(30)25-16(18(28)29)13(17(25)27)9-12-4-2-3-7-23-12/h2-8,10,13,16,19,26H,9H2,1H3,(H,24,30)(H,28,29)/t10-,13-,16+/m1/s1. The quantitative estimate of drug-likeness (QED) is 0.569. The van der Waals surface area contributed by atoms with Gasteiger partial charge in [-0.1, -0.05) is 12.1 Å². The first-order chi connectivity index (χ1) is 14.7. The monoisotopic (exact) mass is 435 g/mol. The Morgan fingerprint density at radius 2 is 2.03 bits per heavy atom. The first kappa shape index (κ1) is 21.9. The molecule has 9 nitrogen and oxygen atoms in total. The molecule has 0 unspecified atom stereocenters. The lowest BCUT2D eigenvalue weighted by atomic mass is 9.83. The van der Waals surface area contributed by atoms with E-state index >= 15 is 0 Å². The lowest BCUT2D eigenvalue weighted by molar-refractivity contribution is -0.165. The van der Waals surface area contributed by atoms with Crippen molar-refractivity contribution in [2.75, 3.05) is 0 Å². The number of phenolic OH excluding ortho intramolecular Hbond substituents is 1. The molecule has 2 aromatic rings. The molecular formula is C20H19F2N3O6. The second kappa shape index (κ2) is 8.94. The largest absolute Gasteiger partial charge is 0.504 e. The Bertz CT molecular complexity index is 988. The topological polar surface area (TPSA) is 129 Å². The highest BCUT2D eigenvalue weighted by Gasteiger charge is 2.54. The maximum absolute atomic E-state index is 12.6. The Morgan fingerprint density at radius 1 is 1.29 bits per heavy atom. The number of carboxylic acid groups (broad SMARTS) is 1. The minimum absolute atomic E-state index is 0.0788. The van der Waals surface area contributed by atoms with E-state index in [0.717, 1.165) is 12.1 Å². The smallest absolute Gasteiger partial charge is 0.387 e. The van der Waals surface area contributed by atoms with Crippen molar-refractivity contribution < 1.29 is 38.1 Å². The third-order valence-electron chi connectivity index (χ3n) is 4.88. The highest BCUT2D eigenvalue weighted by molar-refractivity contribution is 6.07. The average Bonchev–Trinajstić information content (AvgIpc) is 2.71. The molecular weight excluding hydrogens is 416 g/mol. The summed E-state index contributed by atoms with van der Waals surface area (Å²) < 4.78 is 28.7. The van der Waals surface area contributed by atoms with Gasteiger partial charge < -0.3 is 20.3 Å². The first-order valence-corrected chi connectivity index (χ1v) is 9.23. The molecule has 0 aliphatic carbocycles. The zero-order valence-corrected chi connectivity index (χ0v) is 16.2. The zero-order valence-electron chi connectivity index (χ0n) is 16.2. The molecule has 3 amide bonds. The number of aliphatic carboxylic acids is 1. The molecule has 0 radical (unpaired) electrons. The van der Waals surface area contributed by atoms with Crippen LogP contribution in [0.1, 0.15) is 24.2 Å². The molecule has 3 N–H and O–H groups in total. The number of likely N-dealkylation sites (tertiary alicyclic amines) is 1. The number of carboxylic acids is 1. The second-order valence-electron chi connectivity index (χ2n) is 6.90. The van der Waals surface area contributed by atoms with Crippen LogP contribution in [0.4, 0.5) is 13.6 Å². The number of halogens is 2. The molecule has 0 bridgehead atoms. The normalized spacial score (nSPS) is 19.0.